The fourth-order valence-electron chi connectivity index (χ4n) is 4.40. The second-order valence-electron chi connectivity index (χ2n) is 7.16. The van der Waals surface area contributed by atoms with Crippen molar-refractivity contribution in [3.63, 3.8) is 0 Å². The van der Waals surface area contributed by atoms with E-state index in [0.717, 1.165) is 37.3 Å². The maximum absolute atomic E-state index is 12.8. The van der Waals surface area contributed by atoms with Gasteiger partial charge in [0, 0.05) is 30.6 Å². The Labute approximate surface area is 131 Å². The quantitative estimate of drug-likeness (QED) is 0.908. The lowest BCUT2D eigenvalue weighted by atomic mass is 9.85. The zero-order valence-electron chi connectivity index (χ0n) is 13.2. The Kier molecular flexibility index (Phi) is 3.12. The average Bonchev–Trinajstić information content (AvgIpc) is 3.17. The van der Waals surface area contributed by atoms with Crippen LogP contribution in [0.25, 0.3) is 0 Å². The van der Waals surface area contributed by atoms with Gasteiger partial charge in [0.1, 0.15) is 11.4 Å². The van der Waals surface area contributed by atoms with Crippen molar-refractivity contribution < 1.29 is 4.79 Å². The van der Waals surface area contributed by atoms with Gasteiger partial charge in [0.25, 0.3) is 5.91 Å². The number of fused-ring (bicyclic) bond motifs is 2. The zero-order chi connectivity index (χ0) is 15.3. The molecule has 0 radical (unpaired) electrons. The third-order valence-electron chi connectivity index (χ3n) is 5.69. The molecule has 0 bridgehead atoms. The van der Waals surface area contributed by atoms with Crippen molar-refractivity contribution >= 4 is 11.7 Å². The molecule has 3 aliphatic rings. The molecule has 1 aliphatic carbocycles. The van der Waals surface area contributed by atoms with Crippen LogP contribution in [-0.4, -0.2) is 41.3 Å². The molecule has 1 N–H and O–H groups in total. The van der Waals surface area contributed by atoms with Gasteiger partial charge in [-0.25, -0.2) is 0 Å². The van der Waals surface area contributed by atoms with Crippen LogP contribution in [0, 0.1) is 11.8 Å². The molecule has 1 aromatic carbocycles. The molecule has 2 fully saturated rings. The van der Waals surface area contributed by atoms with Crippen LogP contribution in [-0.2, 0) is 4.79 Å². The summed E-state index contributed by atoms with van der Waals surface area (Å²) in [7, 11) is 0. The van der Waals surface area contributed by atoms with Gasteiger partial charge in [0.15, 0.2) is 0 Å². The number of rotatable bonds is 2. The number of amides is 1. The van der Waals surface area contributed by atoms with Gasteiger partial charge in [-0.1, -0.05) is 30.3 Å². The molecule has 1 spiro atoms. The molecule has 3 atom stereocenters. The minimum Gasteiger partial charge on any atom is -0.308 e. The number of nitrogens with one attached hydrogen (secondary N) is 1. The highest BCUT2D eigenvalue weighted by atomic mass is 16.2. The molecular weight excluding hydrogens is 274 g/mol. The number of hydrogen-bond donors (Lipinski definition) is 1. The van der Waals surface area contributed by atoms with E-state index in [1.165, 1.54) is 0 Å². The monoisotopic (exact) mass is 297 g/mol. The summed E-state index contributed by atoms with van der Waals surface area (Å²) in [5.41, 5.74) is 0.495. The molecule has 1 saturated carbocycles. The van der Waals surface area contributed by atoms with Gasteiger partial charge >= 0.3 is 0 Å². The van der Waals surface area contributed by atoms with E-state index in [9.17, 15) is 4.79 Å². The summed E-state index contributed by atoms with van der Waals surface area (Å²) in [5.74, 6) is 1.86. The highest BCUT2D eigenvalue weighted by Gasteiger charge is 2.59. The Balaban J connectivity index is 1.67. The summed E-state index contributed by atoms with van der Waals surface area (Å²) >= 11 is 0. The van der Waals surface area contributed by atoms with Crippen LogP contribution in [0.5, 0.6) is 0 Å². The van der Waals surface area contributed by atoms with Crippen LogP contribution >= 0.6 is 0 Å². The standard InChI is InChI=1S/C18H23N3O/c1-12(2)21-10-14-8-9-18(15(14)11-21)17(22)19-16(20-18)13-6-4-3-5-7-13/h3-7,12,14-15H,8-11H2,1-2H3,(H,19,20,22)/t14-,15+,18-/m1/s1. The number of benzene rings is 1. The Bertz CT molecular complexity index is 624. The van der Waals surface area contributed by atoms with E-state index >= 15 is 0 Å². The second kappa shape index (κ2) is 4.92. The Morgan fingerprint density at radius 1 is 1.27 bits per heavy atom. The van der Waals surface area contributed by atoms with Crippen molar-refractivity contribution in [3.05, 3.63) is 35.9 Å². The Morgan fingerprint density at radius 3 is 2.77 bits per heavy atom. The van der Waals surface area contributed by atoms with Gasteiger partial charge in [0.2, 0.25) is 0 Å². The van der Waals surface area contributed by atoms with Gasteiger partial charge in [-0.05, 0) is 32.6 Å². The van der Waals surface area contributed by atoms with E-state index in [-0.39, 0.29) is 5.91 Å². The average molecular weight is 297 g/mol. The van der Waals surface area contributed by atoms with Gasteiger partial charge in [-0.3, -0.25) is 9.79 Å². The van der Waals surface area contributed by atoms with Crippen molar-refractivity contribution in [2.45, 2.75) is 38.3 Å². The summed E-state index contributed by atoms with van der Waals surface area (Å²) in [6.45, 7) is 6.59. The number of amidine groups is 1. The minimum absolute atomic E-state index is 0.115. The summed E-state index contributed by atoms with van der Waals surface area (Å²) < 4.78 is 0. The first-order valence-corrected chi connectivity index (χ1v) is 8.31. The SMILES string of the molecule is CC(C)N1C[C@H]2CC[C@@]3(N=C(c4ccccc4)NC3=O)[C@H]2C1. The molecule has 22 heavy (non-hydrogen) atoms. The van der Waals surface area contributed by atoms with Crippen molar-refractivity contribution in [2.24, 2.45) is 16.8 Å². The molecule has 1 saturated heterocycles. The molecule has 4 nitrogen and oxygen atoms in total. The van der Waals surface area contributed by atoms with Crippen molar-refractivity contribution in [1.82, 2.24) is 10.2 Å². The number of nitrogens with zero attached hydrogens (tertiary/aromatic N) is 2. The molecular formula is C18H23N3O. The van der Waals surface area contributed by atoms with Crippen LogP contribution in [0.2, 0.25) is 0 Å². The summed E-state index contributed by atoms with van der Waals surface area (Å²) in [6, 6.07) is 10.5. The lowest BCUT2D eigenvalue weighted by Gasteiger charge is -2.27. The number of likely N-dealkylation sites (tertiary alicyclic amines) is 1. The van der Waals surface area contributed by atoms with Crippen LogP contribution in [0.1, 0.15) is 32.3 Å². The molecule has 1 amide bonds. The number of carbonyl (C=O) groups excluding carboxylic acids is 1. The molecule has 4 heteroatoms. The lowest BCUT2D eigenvalue weighted by molar-refractivity contribution is -0.125. The highest BCUT2D eigenvalue weighted by Crippen LogP contribution is 2.49. The van der Waals surface area contributed by atoms with Crippen LogP contribution in [0.15, 0.2) is 35.3 Å². The van der Waals surface area contributed by atoms with E-state index < -0.39 is 5.54 Å². The topological polar surface area (TPSA) is 44.7 Å². The normalized spacial score (nSPS) is 34.3. The largest absolute Gasteiger partial charge is 0.308 e. The Hall–Kier alpha value is -1.68. The number of carbonyl (C=O) groups is 1. The van der Waals surface area contributed by atoms with E-state index in [2.05, 4.69) is 24.1 Å². The van der Waals surface area contributed by atoms with Crippen molar-refractivity contribution in [3.8, 4) is 0 Å². The van der Waals surface area contributed by atoms with Gasteiger partial charge in [-0.2, -0.15) is 0 Å². The van der Waals surface area contributed by atoms with E-state index in [1.807, 2.05) is 30.3 Å². The van der Waals surface area contributed by atoms with Gasteiger partial charge < -0.3 is 10.2 Å². The first-order chi connectivity index (χ1) is 10.6. The first kappa shape index (κ1) is 13.9. The maximum Gasteiger partial charge on any atom is 0.253 e. The maximum atomic E-state index is 12.8. The number of aliphatic imine (C=N–C) groups is 1. The van der Waals surface area contributed by atoms with Gasteiger partial charge in [-0.15, -0.1) is 0 Å². The van der Waals surface area contributed by atoms with Crippen molar-refractivity contribution in [2.75, 3.05) is 13.1 Å². The van der Waals surface area contributed by atoms with E-state index in [1.54, 1.807) is 0 Å². The third kappa shape index (κ3) is 1.93. The second-order valence-corrected chi connectivity index (χ2v) is 7.16. The van der Waals surface area contributed by atoms with Crippen LogP contribution < -0.4 is 5.32 Å². The highest BCUT2D eigenvalue weighted by molar-refractivity contribution is 6.15. The summed E-state index contributed by atoms with van der Waals surface area (Å²) in [4.78, 5) is 20.2. The zero-order valence-corrected chi connectivity index (χ0v) is 13.2. The first-order valence-electron chi connectivity index (χ1n) is 8.31. The molecule has 116 valence electrons. The fraction of sp³-hybridized carbons (Fsp3) is 0.556. The number of hydrogen-bond acceptors (Lipinski definition) is 3. The summed E-state index contributed by atoms with van der Waals surface area (Å²) in [6.07, 6.45) is 2.02. The molecule has 2 aliphatic heterocycles. The van der Waals surface area contributed by atoms with E-state index in [0.29, 0.717) is 17.9 Å². The molecule has 0 aromatic heterocycles. The fourth-order valence-corrected chi connectivity index (χ4v) is 4.40. The Morgan fingerprint density at radius 2 is 2.05 bits per heavy atom. The predicted molar refractivity (Wildman–Crippen MR) is 86.8 cm³/mol. The van der Waals surface area contributed by atoms with Crippen molar-refractivity contribution in [1.29, 1.82) is 0 Å². The molecule has 4 rings (SSSR count). The predicted octanol–water partition coefficient (Wildman–Crippen LogP) is 2.05. The van der Waals surface area contributed by atoms with Gasteiger partial charge in [0.05, 0.1) is 0 Å². The minimum atomic E-state index is -0.514. The molecule has 0 unspecified atom stereocenters. The summed E-state index contributed by atoms with van der Waals surface area (Å²) in [5, 5.41) is 3.05. The molecule has 1 aromatic rings. The van der Waals surface area contributed by atoms with Crippen LogP contribution in [0.3, 0.4) is 0 Å². The smallest absolute Gasteiger partial charge is 0.253 e. The third-order valence-corrected chi connectivity index (χ3v) is 5.69. The lowest BCUT2D eigenvalue weighted by Crippen LogP contribution is -2.45. The molecule has 2 heterocycles. The van der Waals surface area contributed by atoms with Crippen LogP contribution in [0.4, 0.5) is 0 Å². The van der Waals surface area contributed by atoms with E-state index in [4.69, 9.17) is 4.99 Å².